The molecule has 0 radical (unpaired) electrons. The van der Waals surface area contributed by atoms with Crippen LogP contribution in [-0.2, 0) is 14.3 Å². The first-order chi connectivity index (χ1) is 14.0. The Bertz CT molecular complexity index is 836. The Balaban J connectivity index is 2.32. The van der Waals surface area contributed by atoms with Crippen LogP contribution in [-0.4, -0.2) is 59.5 Å². The van der Waals surface area contributed by atoms with Crippen molar-refractivity contribution in [2.45, 2.75) is 6.92 Å². The van der Waals surface area contributed by atoms with E-state index in [0.717, 1.165) is 5.56 Å². The van der Waals surface area contributed by atoms with E-state index in [1.807, 2.05) is 16.8 Å². The van der Waals surface area contributed by atoms with Gasteiger partial charge in [-0.05, 0) is 24.6 Å². The highest BCUT2D eigenvalue weighted by atomic mass is 32.1. The van der Waals surface area contributed by atoms with Crippen molar-refractivity contribution >= 4 is 28.2 Å². The number of ether oxygens (including phenoxy) is 4. The molecule has 158 valence electrons. The van der Waals surface area contributed by atoms with Gasteiger partial charge in [0.1, 0.15) is 10.6 Å². The number of carbonyl (C=O) groups excluding carboxylic acids is 2. The van der Waals surface area contributed by atoms with Crippen molar-refractivity contribution in [1.82, 2.24) is 0 Å². The Morgan fingerprint density at radius 3 is 2.55 bits per heavy atom. The topological polar surface area (TPSA) is 99.7 Å². The first kappa shape index (κ1) is 22.7. The first-order valence-corrected chi connectivity index (χ1v) is 10.0. The van der Waals surface area contributed by atoms with Crippen molar-refractivity contribution < 1.29 is 33.9 Å². The van der Waals surface area contributed by atoms with Crippen LogP contribution in [0.5, 0.6) is 11.5 Å². The molecule has 1 heterocycles. The smallest absolute Gasteiger partial charge is 0.341 e. The third-order valence-electron chi connectivity index (χ3n) is 4.07. The second-order valence-corrected chi connectivity index (χ2v) is 6.85. The van der Waals surface area contributed by atoms with Gasteiger partial charge >= 0.3 is 5.97 Å². The van der Waals surface area contributed by atoms with Crippen molar-refractivity contribution in [1.29, 1.82) is 0 Å². The normalized spacial score (nSPS) is 10.5. The van der Waals surface area contributed by atoms with E-state index in [-0.39, 0.29) is 19.1 Å². The van der Waals surface area contributed by atoms with Crippen LogP contribution < -0.4 is 20.1 Å². The number of esters is 1. The maximum absolute atomic E-state index is 12.6. The fourth-order valence-corrected chi connectivity index (χ4v) is 3.66. The minimum Gasteiger partial charge on any atom is -0.493 e. The summed E-state index contributed by atoms with van der Waals surface area (Å²) in [7, 11) is 4.72. The molecular weight excluding hydrogens is 396 g/mol. The zero-order chi connectivity index (χ0) is 21.2. The molecule has 2 aromatic rings. The van der Waals surface area contributed by atoms with Crippen LogP contribution in [0.25, 0.3) is 11.1 Å². The fourth-order valence-electron chi connectivity index (χ4n) is 2.68. The fraction of sp³-hybridized carbons (Fsp3) is 0.400. The Morgan fingerprint density at radius 2 is 1.90 bits per heavy atom. The number of amides is 1. The van der Waals surface area contributed by atoms with Gasteiger partial charge < -0.3 is 29.6 Å². The van der Waals surface area contributed by atoms with Crippen LogP contribution in [0, 0.1) is 0 Å². The highest BCUT2D eigenvalue weighted by Gasteiger charge is 2.23. The maximum atomic E-state index is 12.6. The summed E-state index contributed by atoms with van der Waals surface area (Å²) >= 11 is 1.28. The van der Waals surface area contributed by atoms with Crippen molar-refractivity contribution in [3.05, 3.63) is 29.1 Å². The quantitative estimate of drug-likeness (QED) is 0.422. The van der Waals surface area contributed by atoms with Crippen LogP contribution in [0.15, 0.2) is 23.6 Å². The van der Waals surface area contributed by atoms with Gasteiger partial charge in [-0.3, -0.25) is 4.79 Å². The minimum atomic E-state index is -0.489. The minimum absolute atomic E-state index is 0.202. The van der Waals surface area contributed by atoms with Gasteiger partial charge in [0.25, 0.3) is 5.91 Å². The summed E-state index contributed by atoms with van der Waals surface area (Å²) in [4.78, 5) is 24.9. The Labute approximate surface area is 174 Å². The molecule has 0 saturated carbocycles. The molecule has 29 heavy (non-hydrogen) atoms. The highest BCUT2D eigenvalue weighted by Crippen LogP contribution is 2.39. The van der Waals surface area contributed by atoms with Gasteiger partial charge in [0.15, 0.2) is 18.0 Å². The first-order valence-electron chi connectivity index (χ1n) is 9.17. The number of thiophene rings is 1. The lowest BCUT2D eigenvalue weighted by Crippen LogP contribution is -2.87. The average molecular weight is 424 g/mol. The van der Waals surface area contributed by atoms with Crippen LogP contribution in [0.1, 0.15) is 17.3 Å². The van der Waals surface area contributed by atoms with E-state index < -0.39 is 5.97 Å². The van der Waals surface area contributed by atoms with E-state index in [2.05, 4.69) is 5.32 Å². The predicted molar refractivity (Wildman–Crippen MR) is 111 cm³/mol. The van der Waals surface area contributed by atoms with E-state index >= 15 is 0 Å². The lowest BCUT2D eigenvalue weighted by atomic mass is 10.0. The summed E-state index contributed by atoms with van der Waals surface area (Å²) in [5, 5.41) is 6.93. The van der Waals surface area contributed by atoms with Gasteiger partial charge in [-0.25, -0.2) is 4.79 Å². The summed E-state index contributed by atoms with van der Waals surface area (Å²) in [6.45, 7) is 3.44. The van der Waals surface area contributed by atoms with Gasteiger partial charge in [0.05, 0.1) is 34.0 Å². The number of quaternary nitrogens is 1. The number of methoxy groups -OCH3 is 3. The molecule has 8 nitrogen and oxygen atoms in total. The summed E-state index contributed by atoms with van der Waals surface area (Å²) < 4.78 is 20.8. The molecule has 0 spiro atoms. The molecule has 1 amide bonds. The number of nitrogens with two attached hydrogens (primary N) is 1. The number of hydrogen-bond acceptors (Lipinski definition) is 7. The predicted octanol–water partition coefficient (Wildman–Crippen LogP) is 1.76. The molecule has 0 atom stereocenters. The van der Waals surface area contributed by atoms with Gasteiger partial charge in [-0.2, -0.15) is 0 Å². The molecular formula is C20H27N2O6S+. The average Bonchev–Trinajstić information content (AvgIpc) is 3.14. The molecule has 0 aliphatic carbocycles. The lowest BCUT2D eigenvalue weighted by molar-refractivity contribution is -0.645. The van der Waals surface area contributed by atoms with Crippen LogP contribution in [0.2, 0.25) is 0 Å². The zero-order valence-electron chi connectivity index (χ0n) is 17.1. The van der Waals surface area contributed by atoms with Crippen molar-refractivity contribution in [2.24, 2.45) is 0 Å². The van der Waals surface area contributed by atoms with E-state index in [1.165, 1.54) is 11.3 Å². The monoisotopic (exact) mass is 423 g/mol. The van der Waals surface area contributed by atoms with E-state index in [4.69, 9.17) is 18.9 Å². The zero-order valence-corrected chi connectivity index (χ0v) is 17.9. The molecule has 9 heteroatoms. The summed E-state index contributed by atoms with van der Waals surface area (Å²) in [6.07, 6.45) is 0. The van der Waals surface area contributed by atoms with Crippen molar-refractivity contribution in [2.75, 3.05) is 52.9 Å². The second-order valence-electron chi connectivity index (χ2n) is 5.97. The van der Waals surface area contributed by atoms with Gasteiger partial charge in [-0.15, -0.1) is 11.3 Å². The largest absolute Gasteiger partial charge is 0.493 e. The van der Waals surface area contributed by atoms with Gasteiger partial charge in [0, 0.05) is 18.1 Å². The molecule has 0 saturated heterocycles. The molecule has 0 unspecified atom stereocenters. The third kappa shape index (κ3) is 5.93. The third-order valence-corrected chi connectivity index (χ3v) is 4.97. The standard InChI is InChI=1S/C20H26N2O6S/c1-5-28-20(24)18-14(13-6-7-15(26-3)16(10-13)27-4)12-29-19(18)22-17(23)11-21-8-9-25-2/h6-7,10,12,21H,5,8-9,11H2,1-4H3,(H,22,23)/p+1. The summed E-state index contributed by atoms with van der Waals surface area (Å²) in [5.74, 6) is 0.443. The van der Waals surface area contributed by atoms with Crippen molar-refractivity contribution in [3.63, 3.8) is 0 Å². The van der Waals surface area contributed by atoms with Crippen LogP contribution >= 0.6 is 11.3 Å². The number of nitrogens with one attached hydrogen (secondary N) is 1. The molecule has 3 N–H and O–H groups in total. The SMILES string of the molecule is CCOC(=O)c1c(-c2ccc(OC)c(OC)c2)csc1NC(=O)C[NH2+]CCOC. The Kier molecular flexibility index (Phi) is 8.91. The number of benzene rings is 1. The summed E-state index contributed by atoms with van der Waals surface area (Å²) in [5.41, 5.74) is 1.75. The van der Waals surface area contributed by atoms with Crippen LogP contribution in [0.3, 0.4) is 0 Å². The Morgan fingerprint density at radius 1 is 1.14 bits per heavy atom. The van der Waals surface area contributed by atoms with Crippen molar-refractivity contribution in [3.8, 4) is 22.6 Å². The van der Waals surface area contributed by atoms with Gasteiger partial charge in [-0.1, -0.05) is 6.07 Å². The van der Waals surface area contributed by atoms with Crippen LogP contribution in [0.4, 0.5) is 5.00 Å². The molecule has 1 aromatic heterocycles. The molecule has 0 aliphatic rings. The molecule has 1 aromatic carbocycles. The van der Waals surface area contributed by atoms with E-state index in [9.17, 15) is 9.59 Å². The second kappa shape index (κ2) is 11.4. The molecule has 0 fully saturated rings. The molecule has 0 aliphatic heterocycles. The molecule has 0 bridgehead atoms. The number of hydrogen-bond donors (Lipinski definition) is 2. The number of rotatable bonds is 11. The van der Waals surface area contributed by atoms with E-state index in [1.54, 1.807) is 40.4 Å². The lowest BCUT2D eigenvalue weighted by Gasteiger charge is -2.11. The summed E-state index contributed by atoms with van der Waals surface area (Å²) in [6, 6.07) is 5.38. The van der Waals surface area contributed by atoms with Gasteiger partial charge in [0.2, 0.25) is 0 Å². The number of carbonyl (C=O) groups is 2. The Hall–Kier alpha value is -2.62. The highest BCUT2D eigenvalue weighted by molar-refractivity contribution is 7.15. The number of anilines is 1. The maximum Gasteiger partial charge on any atom is 0.341 e. The van der Waals surface area contributed by atoms with E-state index in [0.29, 0.717) is 40.8 Å². The molecule has 2 rings (SSSR count).